The van der Waals surface area contributed by atoms with E-state index >= 15 is 0 Å². The standard InChI is InChI=1S/C19H24N4O3/c1-14(12-22-10-8-20-15(22)2)11-21-18(24)7-9-23-16-5-3-4-6-17(16)26-13-19(23)25/h3-6,8,10,14H,7,9,11-13H2,1-2H3,(H,21,24)/t14-/m1/s1. The van der Waals surface area contributed by atoms with Gasteiger partial charge < -0.3 is 19.5 Å². The molecular weight excluding hydrogens is 332 g/mol. The minimum Gasteiger partial charge on any atom is -0.482 e. The first kappa shape index (κ1) is 18.0. The molecule has 1 atom stereocenters. The quantitative estimate of drug-likeness (QED) is 0.820. The fraction of sp³-hybridized carbons (Fsp3) is 0.421. The minimum absolute atomic E-state index is 0.0138. The maximum absolute atomic E-state index is 12.2. The number of aryl methyl sites for hydroxylation is 1. The summed E-state index contributed by atoms with van der Waals surface area (Å²) in [4.78, 5) is 30.1. The number of nitrogens with zero attached hydrogens (tertiary/aromatic N) is 3. The Morgan fingerprint density at radius 3 is 2.96 bits per heavy atom. The van der Waals surface area contributed by atoms with Crippen LogP contribution >= 0.6 is 0 Å². The molecule has 0 bridgehead atoms. The molecule has 2 aromatic rings. The number of carbonyl (C=O) groups excluding carboxylic acids is 2. The zero-order valence-corrected chi connectivity index (χ0v) is 15.1. The van der Waals surface area contributed by atoms with Crippen LogP contribution in [-0.4, -0.2) is 41.1 Å². The fourth-order valence-electron chi connectivity index (χ4n) is 2.99. The molecule has 1 aliphatic rings. The lowest BCUT2D eigenvalue weighted by molar-refractivity contribution is -0.122. The Balaban J connectivity index is 1.47. The van der Waals surface area contributed by atoms with E-state index in [1.165, 1.54) is 0 Å². The van der Waals surface area contributed by atoms with Gasteiger partial charge in [0.2, 0.25) is 5.91 Å². The minimum atomic E-state index is -0.125. The summed E-state index contributed by atoms with van der Waals surface area (Å²) < 4.78 is 7.48. The van der Waals surface area contributed by atoms with Gasteiger partial charge in [-0.25, -0.2) is 4.98 Å². The van der Waals surface area contributed by atoms with Crippen LogP contribution in [-0.2, 0) is 16.1 Å². The summed E-state index contributed by atoms with van der Waals surface area (Å²) in [5.74, 6) is 1.75. The monoisotopic (exact) mass is 356 g/mol. The summed E-state index contributed by atoms with van der Waals surface area (Å²) in [7, 11) is 0. The molecule has 7 heteroatoms. The predicted octanol–water partition coefficient (Wildman–Crippen LogP) is 1.76. The molecule has 0 fully saturated rings. The van der Waals surface area contributed by atoms with Crippen LogP contribution in [0.15, 0.2) is 36.7 Å². The molecule has 0 unspecified atom stereocenters. The Morgan fingerprint density at radius 2 is 2.19 bits per heavy atom. The van der Waals surface area contributed by atoms with E-state index in [2.05, 4.69) is 21.8 Å². The third-order valence-electron chi connectivity index (χ3n) is 4.45. The molecule has 0 saturated heterocycles. The van der Waals surface area contributed by atoms with Crippen LogP contribution in [0.2, 0.25) is 0 Å². The van der Waals surface area contributed by atoms with Gasteiger partial charge in [0.25, 0.3) is 5.91 Å². The Morgan fingerprint density at radius 1 is 1.38 bits per heavy atom. The van der Waals surface area contributed by atoms with E-state index in [9.17, 15) is 9.59 Å². The normalized spacial score (nSPS) is 14.5. The van der Waals surface area contributed by atoms with Crippen molar-refractivity contribution in [3.63, 3.8) is 0 Å². The van der Waals surface area contributed by atoms with Gasteiger partial charge in [-0.2, -0.15) is 0 Å². The molecule has 0 spiro atoms. The van der Waals surface area contributed by atoms with Gasteiger partial charge in [0.1, 0.15) is 11.6 Å². The number of ether oxygens (including phenoxy) is 1. The second kappa shape index (κ2) is 8.03. The van der Waals surface area contributed by atoms with Crippen molar-refractivity contribution >= 4 is 17.5 Å². The Labute approximate surface area is 153 Å². The first-order valence-corrected chi connectivity index (χ1v) is 8.81. The maximum atomic E-state index is 12.2. The molecule has 0 saturated carbocycles. The molecule has 0 aliphatic carbocycles. The number of hydrogen-bond donors (Lipinski definition) is 1. The molecule has 7 nitrogen and oxygen atoms in total. The predicted molar refractivity (Wildman–Crippen MR) is 98.0 cm³/mol. The van der Waals surface area contributed by atoms with Crippen molar-refractivity contribution in [1.82, 2.24) is 14.9 Å². The summed E-state index contributed by atoms with van der Waals surface area (Å²) in [6.45, 7) is 5.80. The molecule has 1 N–H and O–H groups in total. The molecule has 3 rings (SSSR count). The van der Waals surface area contributed by atoms with Gasteiger partial charge in [0, 0.05) is 38.4 Å². The van der Waals surface area contributed by atoms with Crippen molar-refractivity contribution in [2.75, 3.05) is 24.6 Å². The van der Waals surface area contributed by atoms with Gasteiger partial charge >= 0.3 is 0 Å². The molecule has 1 aromatic heterocycles. The highest BCUT2D eigenvalue weighted by Gasteiger charge is 2.25. The van der Waals surface area contributed by atoms with Crippen molar-refractivity contribution < 1.29 is 14.3 Å². The summed E-state index contributed by atoms with van der Waals surface area (Å²) in [6.07, 6.45) is 3.98. The van der Waals surface area contributed by atoms with Crippen LogP contribution < -0.4 is 15.0 Å². The Kier molecular flexibility index (Phi) is 5.55. The topological polar surface area (TPSA) is 76.5 Å². The van der Waals surface area contributed by atoms with Crippen LogP contribution in [0.4, 0.5) is 5.69 Å². The van der Waals surface area contributed by atoms with Crippen LogP contribution in [0.1, 0.15) is 19.2 Å². The van der Waals surface area contributed by atoms with Crippen molar-refractivity contribution in [3.05, 3.63) is 42.5 Å². The average Bonchev–Trinajstić information content (AvgIpc) is 3.03. The number of rotatable bonds is 7. The third-order valence-corrected chi connectivity index (χ3v) is 4.45. The highest BCUT2D eigenvalue weighted by Crippen LogP contribution is 2.31. The third kappa shape index (κ3) is 4.22. The van der Waals surface area contributed by atoms with Gasteiger partial charge in [-0.3, -0.25) is 9.59 Å². The van der Waals surface area contributed by atoms with Crippen LogP contribution in [0.3, 0.4) is 0 Å². The largest absolute Gasteiger partial charge is 0.482 e. The summed E-state index contributed by atoms with van der Waals surface area (Å²) in [6, 6.07) is 7.38. The summed E-state index contributed by atoms with van der Waals surface area (Å²) >= 11 is 0. The molecule has 2 heterocycles. The number of fused-ring (bicyclic) bond motifs is 1. The average molecular weight is 356 g/mol. The van der Waals surface area contributed by atoms with E-state index in [4.69, 9.17) is 4.74 Å². The van der Waals surface area contributed by atoms with Crippen molar-refractivity contribution in [2.24, 2.45) is 5.92 Å². The number of aromatic nitrogens is 2. The molecule has 1 aromatic carbocycles. The number of hydrogen-bond acceptors (Lipinski definition) is 4. The fourth-order valence-corrected chi connectivity index (χ4v) is 2.99. The lowest BCUT2D eigenvalue weighted by Crippen LogP contribution is -2.41. The zero-order chi connectivity index (χ0) is 18.5. The Bertz CT molecular complexity index is 787. The van der Waals surface area contributed by atoms with Crippen molar-refractivity contribution in [2.45, 2.75) is 26.8 Å². The molecule has 0 radical (unpaired) electrons. The van der Waals surface area contributed by atoms with E-state index in [1.807, 2.05) is 37.4 Å². The van der Waals surface area contributed by atoms with Gasteiger partial charge in [-0.05, 0) is 25.0 Å². The van der Waals surface area contributed by atoms with E-state index in [0.717, 1.165) is 18.1 Å². The van der Waals surface area contributed by atoms with Crippen LogP contribution in [0.25, 0.3) is 0 Å². The molecule has 2 amide bonds. The van der Waals surface area contributed by atoms with E-state index in [0.29, 0.717) is 18.8 Å². The van der Waals surface area contributed by atoms with Gasteiger partial charge in [-0.1, -0.05) is 19.1 Å². The summed E-state index contributed by atoms with van der Waals surface area (Å²) in [5.41, 5.74) is 0.723. The lowest BCUT2D eigenvalue weighted by atomic mass is 10.1. The number of para-hydroxylation sites is 2. The highest BCUT2D eigenvalue weighted by atomic mass is 16.5. The first-order valence-electron chi connectivity index (χ1n) is 8.81. The van der Waals surface area contributed by atoms with Gasteiger partial charge in [-0.15, -0.1) is 0 Å². The molecule has 1 aliphatic heterocycles. The number of anilines is 1. The SMILES string of the molecule is Cc1nccn1C[C@H](C)CNC(=O)CCN1C(=O)COc2ccccc21. The second-order valence-corrected chi connectivity index (χ2v) is 6.59. The molecule has 138 valence electrons. The van der Waals surface area contributed by atoms with E-state index in [-0.39, 0.29) is 30.8 Å². The van der Waals surface area contributed by atoms with Crippen molar-refractivity contribution in [3.8, 4) is 5.75 Å². The number of nitrogens with one attached hydrogen (secondary N) is 1. The number of imidazole rings is 1. The maximum Gasteiger partial charge on any atom is 0.265 e. The first-order chi connectivity index (χ1) is 12.5. The molecular formula is C19H24N4O3. The van der Waals surface area contributed by atoms with E-state index < -0.39 is 0 Å². The van der Waals surface area contributed by atoms with Crippen LogP contribution in [0.5, 0.6) is 5.75 Å². The molecule has 26 heavy (non-hydrogen) atoms. The number of carbonyl (C=O) groups is 2. The lowest BCUT2D eigenvalue weighted by Gasteiger charge is -2.29. The number of benzene rings is 1. The smallest absolute Gasteiger partial charge is 0.265 e. The van der Waals surface area contributed by atoms with Crippen LogP contribution in [0, 0.1) is 12.8 Å². The Hall–Kier alpha value is -2.83. The zero-order valence-electron chi connectivity index (χ0n) is 15.1. The van der Waals surface area contributed by atoms with Crippen molar-refractivity contribution in [1.29, 1.82) is 0 Å². The van der Waals surface area contributed by atoms with E-state index in [1.54, 1.807) is 11.1 Å². The second-order valence-electron chi connectivity index (χ2n) is 6.59. The highest BCUT2D eigenvalue weighted by molar-refractivity contribution is 5.98. The van der Waals surface area contributed by atoms with Gasteiger partial charge in [0.05, 0.1) is 5.69 Å². The van der Waals surface area contributed by atoms with Gasteiger partial charge in [0.15, 0.2) is 6.61 Å². The number of amides is 2. The summed E-state index contributed by atoms with van der Waals surface area (Å²) in [5, 5.41) is 2.95.